The molecule has 1 aromatic carbocycles. The molecule has 7 heteroatoms. The van der Waals surface area contributed by atoms with E-state index < -0.39 is 6.10 Å². The topological polar surface area (TPSA) is 84.7 Å². The third kappa shape index (κ3) is 5.29. The number of carbonyl (C=O) groups is 2. The Morgan fingerprint density at radius 1 is 1.23 bits per heavy atom. The van der Waals surface area contributed by atoms with Gasteiger partial charge in [-0.15, -0.1) is 12.4 Å². The average molecular weight is 330 g/mol. The van der Waals surface area contributed by atoms with Crippen LogP contribution in [0.25, 0.3) is 0 Å². The van der Waals surface area contributed by atoms with Crippen molar-refractivity contribution in [2.45, 2.75) is 20.0 Å². The summed E-state index contributed by atoms with van der Waals surface area (Å²) in [7, 11) is 1.43. The van der Waals surface area contributed by atoms with E-state index in [1.165, 1.54) is 7.11 Å². The Hall–Kier alpha value is -1.63. The Morgan fingerprint density at radius 3 is 2.18 bits per heavy atom. The van der Waals surface area contributed by atoms with Gasteiger partial charge in [-0.25, -0.2) is 0 Å². The summed E-state index contributed by atoms with van der Waals surface area (Å²) in [6.45, 7) is 5.32. The molecule has 0 radical (unpaired) electrons. The molecule has 0 aromatic heterocycles. The maximum Gasteiger partial charge on any atom is 0.254 e. The standard InChI is InChI=1S/C15H23N3O3.ClH/c1-4-18(5-2)15(20)11-6-8-12(9-7-11)17-14(19)13(10-16)21-3;/h6-9,13H,4-5,10,16H2,1-3H3,(H,17,19);1H. The summed E-state index contributed by atoms with van der Waals surface area (Å²) in [4.78, 5) is 25.7. The number of nitrogens with zero attached hydrogens (tertiary/aromatic N) is 1. The zero-order valence-electron chi connectivity index (χ0n) is 13.2. The summed E-state index contributed by atoms with van der Waals surface area (Å²) < 4.78 is 4.96. The molecule has 1 atom stereocenters. The van der Waals surface area contributed by atoms with Gasteiger partial charge in [-0.3, -0.25) is 9.59 Å². The number of nitrogens with two attached hydrogens (primary N) is 1. The van der Waals surface area contributed by atoms with Gasteiger partial charge in [0, 0.05) is 38.0 Å². The molecule has 6 nitrogen and oxygen atoms in total. The second-order valence-electron chi connectivity index (χ2n) is 4.50. The fraction of sp³-hybridized carbons (Fsp3) is 0.467. The highest BCUT2D eigenvalue weighted by Crippen LogP contribution is 2.12. The molecule has 0 spiro atoms. The lowest BCUT2D eigenvalue weighted by atomic mass is 10.1. The SMILES string of the molecule is CCN(CC)C(=O)c1ccc(NC(=O)C(CN)OC)cc1.Cl. The van der Waals surface area contributed by atoms with Crippen molar-refractivity contribution in [1.29, 1.82) is 0 Å². The van der Waals surface area contributed by atoms with Gasteiger partial charge < -0.3 is 20.7 Å². The monoisotopic (exact) mass is 329 g/mol. The molecule has 0 fully saturated rings. The van der Waals surface area contributed by atoms with Gasteiger partial charge in [-0.2, -0.15) is 0 Å². The van der Waals surface area contributed by atoms with Gasteiger partial charge in [0.2, 0.25) is 0 Å². The summed E-state index contributed by atoms with van der Waals surface area (Å²) in [5.41, 5.74) is 6.63. The quantitative estimate of drug-likeness (QED) is 0.794. The van der Waals surface area contributed by atoms with Crippen molar-refractivity contribution in [3.63, 3.8) is 0 Å². The van der Waals surface area contributed by atoms with Crippen molar-refractivity contribution < 1.29 is 14.3 Å². The number of nitrogens with one attached hydrogen (secondary N) is 1. The Bertz CT molecular complexity index is 471. The van der Waals surface area contributed by atoms with Crippen LogP contribution in [0.1, 0.15) is 24.2 Å². The van der Waals surface area contributed by atoms with E-state index in [0.29, 0.717) is 24.3 Å². The van der Waals surface area contributed by atoms with Crippen LogP contribution in [0.2, 0.25) is 0 Å². The summed E-state index contributed by atoms with van der Waals surface area (Å²) in [5.74, 6) is -0.322. The lowest BCUT2D eigenvalue weighted by molar-refractivity contribution is -0.125. The van der Waals surface area contributed by atoms with Crippen LogP contribution >= 0.6 is 12.4 Å². The minimum atomic E-state index is -0.679. The van der Waals surface area contributed by atoms with E-state index in [1.54, 1.807) is 29.2 Å². The van der Waals surface area contributed by atoms with Gasteiger partial charge in [0.15, 0.2) is 0 Å². The number of rotatable bonds is 7. The molecule has 0 aliphatic heterocycles. The third-order valence-electron chi connectivity index (χ3n) is 3.24. The largest absolute Gasteiger partial charge is 0.370 e. The Labute approximate surface area is 137 Å². The van der Waals surface area contributed by atoms with E-state index in [2.05, 4.69) is 5.32 Å². The van der Waals surface area contributed by atoms with E-state index in [4.69, 9.17) is 10.5 Å². The van der Waals surface area contributed by atoms with Crippen molar-refractivity contribution in [2.75, 3.05) is 32.1 Å². The first-order chi connectivity index (χ1) is 10.1. The number of ether oxygens (including phenoxy) is 1. The summed E-state index contributed by atoms with van der Waals surface area (Å²) in [5, 5.41) is 2.70. The number of hydrogen-bond donors (Lipinski definition) is 2. The van der Waals surface area contributed by atoms with Gasteiger partial charge in [-0.1, -0.05) is 0 Å². The van der Waals surface area contributed by atoms with Crippen LogP contribution in [0.5, 0.6) is 0 Å². The molecular formula is C15H24ClN3O3. The van der Waals surface area contributed by atoms with Crippen LogP contribution in [0.15, 0.2) is 24.3 Å². The van der Waals surface area contributed by atoms with E-state index in [1.807, 2.05) is 13.8 Å². The Morgan fingerprint density at radius 2 is 1.77 bits per heavy atom. The first kappa shape index (κ1) is 20.4. The molecule has 22 heavy (non-hydrogen) atoms. The first-order valence-corrected chi connectivity index (χ1v) is 7.00. The predicted molar refractivity (Wildman–Crippen MR) is 89.4 cm³/mol. The Balaban J connectivity index is 0.00000441. The zero-order chi connectivity index (χ0) is 15.8. The first-order valence-electron chi connectivity index (χ1n) is 7.00. The molecule has 1 aromatic rings. The molecule has 3 N–H and O–H groups in total. The zero-order valence-corrected chi connectivity index (χ0v) is 14.0. The highest BCUT2D eigenvalue weighted by molar-refractivity contribution is 5.97. The Kier molecular flexibility index (Phi) is 9.40. The lowest BCUT2D eigenvalue weighted by Gasteiger charge is -2.19. The van der Waals surface area contributed by atoms with Gasteiger partial charge >= 0.3 is 0 Å². The van der Waals surface area contributed by atoms with Gasteiger partial charge in [0.1, 0.15) is 6.10 Å². The van der Waals surface area contributed by atoms with Crippen LogP contribution in [0.3, 0.4) is 0 Å². The minimum Gasteiger partial charge on any atom is -0.370 e. The number of anilines is 1. The summed E-state index contributed by atoms with van der Waals surface area (Å²) in [6, 6.07) is 6.77. The van der Waals surface area contributed by atoms with E-state index in [0.717, 1.165) is 0 Å². The number of amides is 2. The number of hydrogen-bond acceptors (Lipinski definition) is 4. The molecule has 0 heterocycles. The van der Waals surface area contributed by atoms with Crippen LogP contribution in [0.4, 0.5) is 5.69 Å². The molecule has 0 saturated carbocycles. The van der Waals surface area contributed by atoms with Gasteiger partial charge in [0.05, 0.1) is 0 Å². The highest BCUT2D eigenvalue weighted by Gasteiger charge is 2.16. The number of methoxy groups -OCH3 is 1. The maximum absolute atomic E-state index is 12.1. The number of benzene rings is 1. The second kappa shape index (κ2) is 10.2. The lowest BCUT2D eigenvalue weighted by Crippen LogP contribution is -2.35. The molecule has 124 valence electrons. The smallest absolute Gasteiger partial charge is 0.254 e. The fourth-order valence-electron chi connectivity index (χ4n) is 1.92. The second-order valence-corrected chi connectivity index (χ2v) is 4.50. The molecule has 1 rings (SSSR count). The molecule has 0 bridgehead atoms. The van der Waals surface area contributed by atoms with E-state index >= 15 is 0 Å². The van der Waals surface area contributed by atoms with Crippen molar-refractivity contribution >= 4 is 29.9 Å². The van der Waals surface area contributed by atoms with Crippen molar-refractivity contribution in [2.24, 2.45) is 5.73 Å². The van der Waals surface area contributed by atoms with Crippen molar-refractivity contribution in [1.82, 2.24) is 4.90 Å². The van der Waals surface area contributed by atoms with Crippen LogP contribution < -0.4 is 11.1 Å². The molecule has 0 aliphatic rings. The van der Waals surface area contributed by atoms with Crippen molar-refractivity contribution in [3.05, 3.63) is 29.8 Å². The third-order valence-corrected chi connectivity index (χ3v) is 3.24. The molecule has 0 saturated heterocycles. The average Bonchev–Trinajstić information content (AvgIpc) is 2.50. The molecule has 0 aliphatic carbocycles. The molecular weight excluding hydrogens is 306 g/mol. The van der Waals surface area contributed by atoms with E-state index in [9.17, 15) is 9.59 Å². The summed E-state index contributed by atoms with van der Waals surface area (Å²) >= 11 is 0. The minimum absolute atomic E-state index is 0. The fourth-order valence-corrected chi connectivity index (χ4v) is 1.92. The van der Waals surface area contributed by atoms with Crippen LogP contribution in [-0.2, 0) is 9.53 Å². The van der Waals surface area contributed by atoms with Crippen LogP contribution in [-0.4, -0.2) is 49.6 Å². The van der Waals surface area contributed by atoms with Gasteiger partial charge in [-0.05, 0) is 38.1 Å². The summed E-state index contributed by atoms with van der Waals surface area (Å²) in [6.07, 6.45) is -0.679. The number of halogens is 1. The van der Waals surface area contributed by atoms with E-state index in [-0.39, 0.29) is 30.8 Å². The predicted octanol–water partition coefficient (Wildman–Crippen LogP) is 1.50. The van der Waals surface area contributed by atoms with Gasteiger partial charge in [0.25, 0.3) is 11.8 Å². The number of carbonyl (C=O) groups excluding carboxylic acids is 2. The van der Waals surface area contributed by atoms with Crippen LogP contribution in [0, 0.1) is 0 Å². The highest BCUT2D eigenvalue weighted by atomic mass is 35.5. The van der Waals surface area contributed by atoms with Crippen molar-refractivity contribution in [3.8, 4) is 0 Å². The normalized spacial score (nSPS) is 11.3. The maximum atomic E-state index is 12.1. The molecule has 2 amide bonds. The molecule has 1 unspecified atom stereocenters.